The molecule has 0 unspecified atom stereocenters. The van der Waals surface area contributed by atoms with Crippen molar-refractivity contribution in [3.8, 4) is 11.5 Å². The van der Waals surface area contributed by atoms with Crippen LogP contribution >= 0.6 is 0 Å². The summed E-state index contributed by atoms with van der Waals surface area (Å²) in [5, 5.41) is 0. The van der Waals surface area contributed by atoms with Crippen molar-refractivity contribution in [3.63, 3.8) is 0 Å². The van der Waals surface area contributed by atoms with Gasteiger partial charge in [0, 0.05) is 6.54 Å². The van der Waals surface area contributed by atoms with E-state index in [1.54, 1.807) is 19.1 Å². The number of rotatable bonds is 7. The van der Waals surface area contributed by atoms with Crippen LogP contribution in [0.3, 0.4) is 0 Å². The molecule has 0 saturated heterocycles. The average molecular weight is 339 g/mol. The summed E-state index contributed by atoms with van der Waals surface area (Å²) in [6, 6.07) is 10.3. The minimum atomic E-state index is -3.62. The number of benzene rings is 2. The summed E-state index contributed by atoms with van der Waals surface area (Å²) in [5.41, 5.74) is 0.594. The molecule has 2 aromatic carbocycles. The molecule has 0 atom stereocenters. The Bertz CT molecular complexity index is 760. The number of methoxy groups -OCH3 is 1. The number of hydrogen-bond donors (Lipinski definition) is 1. The largest absolute Gasteiger partial charge is 0.497 e. The highest BCUT2D eigenvalue weighted by atomic mass is 32.2. The second-order valence-corrected chi connectivity index (χ2v) is 6.57. The summed E-state index contributed by atoms with van der Waals surface area (Å²) in [4.78, 5) is 0.195. The summed E-state index contributed by atoms with van der Waals surface area (Å²) in [6.45, 7) is 1.94. The van der Waals surface area contributed by atoms with Gasteiger partial charge in [0.1, 0.15) is 23.9 Å². The highest BCUT2D eigenvalue weighted by Gasteiger charge is 2.16. The smallest absolute Gasteiger partial charge is 0.240 e. The molecule has 0 saturated carbocycles. The van der Waals surface area contributed by atoms with Crippen LogP contribution in [0.5, 0.6) is 11.5 Å². The van der Waals surface area contributed by atoms with Crippen LogP contribution in [0.25, 0.3) is 0 Å². The van der Waals surface area contributed by atoms with Gasteiger partial charge in [0.15, 0.2) is 0 Å². The molecule has 0 aliphatic rings. The van der Waals surface area contributed by atoms with E-state index in [9.17, 15) is 12.8 Å². The lowest BCUT2D eigenvalue weighted by Gasteiger charge is -2.11. The number of hydrogen-bond acceptors (Lipinski definition) is 4. The van der Waals surface area contributed by atoms with Gasteiger partial charge in [0.05, 0.1) is 12.0 Å². The SMILES string of the molecule is COc1ccc(S(=O)(=O)NCCOc2ccc(F)cc2)c(C)c1. The molecule has 23 heavy (non-hydrogen) atoms. The van der Waals surface area contributed by atoms with Gasteiger partial charge in [-0.3, -0.25) is 0 Å². The molecule has 0 aliphatic heterocycles. The van der Waals surface area contributed by atoms with E-state index in [-0.39, 0.29) is 23.9 Å². The number of ether oxygens (including phenoxy) is 2. The van der Waals surface area contributed by atoms with Crippen molar-refractivity contribution >= 4 is 10.0 Å². The summed E-state index contributed by atoms with van der Waals surface area (Å²) < 4.78 is 50.1. The van der Waals surface area contributed by atoms with Crippen LogP contribution < -0.4 is 14.2 Å². The van der Waals surface area contributed by atoms with E-state index in [4.69, 9.17) is 9.47 Å². The Morgan fingerprint density at radius 3 is 2.35 bits per heavy atom. The standard InChI is InChI=1S/C16H18FNO4S/c1-12-11-15(21-2)7-8-16(12)23(19,20)18-9-10-22-14-5-3-13(17)4-6-14/h3-8,11,18H,9-10H2,1-2H3. The zero-order valence-electron chi connectivity index (χ0n) is 12.9. The van der Waals surface area contributed by atoms with Crippen molar-refractivity contribution in [1.82, 2.24) is 4.72 Å². The first-order chi connectivity index (χ1) is 10.9. The Kier molecular flexibility index (Phi) is 5.57. The molecule has 0 bridgehead atoms. The summed E-state index contributed by atoms with van der Waals surface area (Å²) in [5.74, 6) is 0.723. The number of aryl methyl sites for hydroxylation is 1. The number of halogens is 1. The molecular weight excluding hydrogens is 321 g/mol. The third-order valence-corrected chi connectivity index (χ3v) is 4.77. The Morgan fingerprint density at radius 1 is 1.09 bits per heavy atom. The fraction of sp³-hybridized carbons (Fsp3) is 0.250. The zero-order chi connectivity index (χ0) is 16.9. The monoisotopic (exact) mass is 339 g/mol. The minimum Gasteiger partial charge on any atom is -0.497 e. The highest BCUT2D eigenvalue weighted by Crippen LogP contribution is 2.20. The molecule has 1 N–H and O–H groups in total. The summed E-state index contributed by atoms with van der Waals surface area (Å²) >= 11 is 0. The maximum Gasteiger partial charge on any atom is 0.240 e. The van der Waals surface area contributed by atoms with E-state index in [1.165, 1.54) is 37.4 Å². The molecular formula is C16H18FNO4S. The van der Waals surface area contributed by atoms with Gasteiger partial charge in [-0.15, -0.1) is 0 Å². The Balaban J connectivity index is 1.92. The van der Waals surface area contributed by atoms with Crippen molar-refractivity contribution in [2.75, 3.05) is 20.3 Å². The molecule has 0 heterocycles. The number of nitrogens with one attached hydrogen (secondary N) is 1. The molecule has 0 radical (unpaired) electrons. The average Bonchev–Trinajstić information content (AvgIpc) is 2.53. The molecule has 0 aromatic heterocycles. The van der Waals surface area contributed by atoms with Gasteiger partial charge in [-0.2, -0.15) is 0 Å². The Labute approximate surface area is 135 Å². The van der Waals surface area contributed by atoms with E-state index in [1.807, 2.05) is 0 Å². The van der Waals surface area contributed by atoms with Gasteiger partial charge in [-0.25, -0.2) is 17.5 Å². The second-order valence-electron chi connectivity index (χ2n) is 4.83. The first-order valence-electron chi connectivity index (χ1n) is 6.95. The normalized spacial score (nSPS) is 11.3. The predicted molar refractivity (Wildman–Crippen MR) is 84.8 cm³/mol. The van der Waals surface area contributed by atoms with E-state index in [2.05, 4.69) is 4.72 Å². The maximum absolute atomic E-state index is 12.8. The van der Waals surface area contributed by atoms with Gasteiger partial charge in [0.25, 0.3) is 0 Å². The second kappa shape index (κ2) is 7.43. The Morgan fingerprint density at radius 2 is 1.74 bits per heavy atom. The van der Waals surface area contributed by atoms with E-state index >= 15 is 0 Å². The lowest BCUT2D eigenvalue weighted by Crippen LogP contribution is -2.28. The van der Waals surface area contributed by atoms with E-state index in [0.717, 1.165) is 0 Å². The fourth-order valence-corrected chi connectivity index (χ4v) is 3.24. The summed E-state index contributed by atoms with van der Waals surface area (Å²) in [6.07, 6.45) is 0. The van der Waals surface area contributed by atoms with Crippen molar-refractivity contribution in [2.45, 2.75) is 11.8 Å². The van der Waals surface area contributed by atoms with Crippen LogP contribution in [0.4, 0.5) is 4.39 Å². The van der Waals surface area contributed by atoms with Crippen molar-refractivity contribution in [2.24, 2.45) is 0 Å². The highest BCUT2D eigenvalue weighted by molar-refractivity contribution is 7.89. The molecule has 2 aromatic rings. The molecule has 0 amide bonds. The maximum atomic E-state index is 12.8. The lowest BCUT2D eigenvalue weighted by molar-refractivity contribution is 0.322. The van der Waals surface area contributed by atoms with Crippen molar-refractivity contribution < 1.29 is 22.3 Å². The molecule has 7 heteroatoms. The molecule has 124 valence electrons. The Hall–Kier alpha value is -2.12. The predicted octanol–water partition coefficient (Wildman–Crippen LogP) is 2.50. The summed E-state index contributed by atoms with van der Waals surface area (Å²) in [7, 11) is -2.10. The fourth-order valence-electron chi connectivity index (χ4n) is 2.00. The van der Waals surface area contributed by atoms with Gasteiger partial charge in [-0.05, 0) is 55.0 Å². The van der Waals surface area contributed by atoms with Gasteiger partial charge in [-0.1, -0.05) is 0 Å². The first kappa shape index (κ1) is 17.2. The van der Waals surface area contributed by atoms with Crippen LogP contribution in [0.15, 0.2) is 47.4 Å². The van der Waals surface area contributed by atoms with Crippen molar-refractivity contribution in [3.05, 3.63) is 53.8 Å². The lowest BCUT2D eigenvalue weighted by atomic mass is 10.2. The molecule has 0 aliphatic carbocycles. The van der Waals surface area contributed by atoms with Gasteiger partial charge in [0.2, 0.25) is 10.0 Å². The van der Waals surface area contributed by atoms with Gasteiger partial charge < -0.3 is 9.47 Å². The van der Waals surface area contributed by atoms with Crippen molar-refractivity contribution in [1.29, 1.82) is 0 Å². The van der Waals surface area contributed by atoms with E-state index in [0.29, 0.717) is 17.1 Å². The van der Waals surface area contributed by atoms with Crippen LogP contribution in [0.1, 0.15) is 5.56 Å². The van der Waals surface area contributed by atoms with Crippen LogP contribution in [-0.2, 0) is 10.0 Å². The van der Waals surface area contributed by atoms with Gasteiger partial charge >= 0.3 is 0 Å². The quantitative estimate of drug-likeness (QED) is 0.787. The number of sulfonamides is 1. The van der Waals surface area contributed by atoms with E-state index < -0.39 is 10.0 Å². The topological polar surface area (TPSA) is 64.6 Å². The zero-order valence-corrected chi connectivity index (χ0v) is 13.7. The third kappa shape index (κ3) is 4.67. The van der Waals surface area contributed by atoms with Crippen LogP contribution in [0, 0.1) is 12.7 Å². The first-order valence-corrected chi connectivity index (χ1v) is 8.43. The molecule has 2 rings (SSSR count). The molecule has 0 spiro atoms. The minimum absolute atomic E-state index is 0.102. The van der Waals surface area contributed by atoms with Crippen LogP contribution in [-0.4, -0.2) is 28.7 Å². The molecule has 5 nitrogen and oxygen atoms in total. The third-order valence-electron chi connectivity index (χ3n) is 3.15. The van der Waals surface area contributed by atoms with Crippen LogP contribution in [0.2, 0.25) is 0 Å². The molecule has 0 fully saturated rings.